The van der Waals surface area contributed by atoms with Crippen LogP contribution in [-0.2, 0) is 20.5 Å². The minimum atomic E-state index is -0.471. The molecule has 6 fully saturated rings. The zero-order chi connectivity index (χ0) is 23.0. The van der Waals surface area contributed by atoms with Crippen LogP contribution in [0.2, 0.25) is 0 Å². The summed E-state index contributed by atoms with van der Waals surface area (Å²) in [7, 11) is -0.471. The number of hydrogen-bond acceptors (Lipinski definition) is 5. The molecule has 8 atom stereocenters. The lowest BCUT2D eigenvalue weighted by Crippen LogP contribution is -2.65. The molecule has 7 rings (SSSR count). The number of rotatable bonds is 6. The molecule has 4 saturated carbocycles. The number of carbonyl (C=O) groups excluding carboxylic acids is 1. The van der Waals surface area contributed by atoms with Gasteiger partial charge in [-0.1, -0.05) is 43.7 Å². The van der Waals surface area contributed by atoms with Crippen molar-refractivity contribution in [3.8, 4) is 0 Å². The molecule has 6 nitrogen and oxygen atoms in total. The number of fused-ring (bicyclic) bond motifs is 1. The molecule has 2 heterocycles. The second-order valence-corrected chi connectivity index (χ2v) is 12.1. The van der Waals surface area contributed by atoms with E-state index in [4.69, 9.17) is 14.0 Å². The average molecular weight is 489 g/mol. The third kappa shape index (κ3) is 4.06. The van der Waals surface area contributed by atoms with Gasteiger partial charge in [-0.15, -0.1) is 12.4 Å². The SMILES string of the molecule is Cc1ccc(C[C@H](NC(=O)OC[C@@H]2NC[C@@H]3C[C@@H]32)B2O[C@@H]3C[C@@H]4C[C@@H](C4(C)C)[C@]3(C)O2)cc1.Cl. The van der Waals surface area contributed by atoms with E-state index in [2.05, 4.69) is 62.6 Å². The first kappa shape index (κ1) is 24.4. The Morgan fingerprint density at radius 3 is 2.65 bits per heavy atom. The van der Waals surface area contributed by atoms with Crippen molar-refractivity contribution >= 4 is 25.6 Å². The van der Waals surface area contributed by atoms with Gasteiger partial charge in [0.25, 0.3) is 0 Å². The van der Waals surface area contributed by atoms with E-state index in [-0.39, 0.29) is 41.6 Å². The van der Waals surface area contributed by atoms with Gasteiger partial charge in [-0.2, -0.15) is 0 Å². The molecule has 0 aromatic heterocycles. The number of nitrogens with one attached hydrogen (secondary N) is 2. The van der Waals surface area contributed by atoms with E-state index >= 15 is 0 Å². The average Bonchev–Trinajstić information content (AvgIpc) is 3.30. The van der Waals surface area contributed by atoms with Crippen molar-refractivity contribution in [2.75, 3.05) is 13.2 Å². The Morgan fingerprint density at radius 2 is 2.00 bits per heavy atom. The maximum atomic E-state index is 12.8. The zero-order valence-corrected chi connectivity index (χ0v) is 21.5. The first-order chi connectivity index (χ1) is 15.7. The van der Waals surface area contributed by atoms with Crippen LogP contribution in [-0.4, -0.2) is 50.1 Å². The minimum absolute atomic E-state index is 0. The van der Waals surface area contributed by atoms with Gasteiger partial charge in [0, 0.05) is 6.04 Å². The summed E-state index contributed by atoms with van der Waals surface area (Å²) in [5.41, 5.74) is 2.37. The molecule has 2 aliphatic heterocycles. The summed E-state index contributed by atoms with van der Waals surface area (Å²) in [4.78, 5) is 12.8. The lowest BCUT2D eigenvalue weighted by atomic mass is 9.43. The number of benzene rings is 1. The molecule has 4 aliphatic carbocycles. The van der Waals surface area contributed by atoms with E-state index < -0.39 is 7.12 Å². The lowest BCUT2D eigenvalue weighted by molar-refractivity contribution is -0.199. The van der Waals surface area contributed by atoms with Crippen LogP contribution in [0, 0.1) is 36.0 Å². The van der Waals surface area contributed by atoms with E-state index in [0.29, 0.717) is 36.8 Å². The number of carbonyl (C=O) groups is 1. The van der Waals surface area contributed by atoms with Gasteiger partial charge in [-0.3, -0.25) is 0 Å². The fourth-order valence-electron chi connectivity index (χ4n) is 7.26. The van der Waals surface area contributed by atoms with Crippen molar-refractivity contribution < 1.29 is 18.8 Å². The quantitative estimate of drug-likeness (QED) is 0.594. The molecule has 1 aromatic rings. The zero-order valence-electron chi connectivity index (χ0n) is 20.7. The summed E-state index contributed by atoms with van der Waals surface area (Å²) in [6.07, 6.45) is 3.87. The van der Waals surface area contributed by atoms with Crippen molar-refractivity contribution in [2.24, 2.45) is 29.1 Å². The Hall–Kier alpha value is -1.28. The molecular formula is C26H38BClN2O4. The predicted molar refractivity (Wildman–Crippen MR) is 134 cm³/mol. The highest BCUT2D eigenvalue weighted by molar-refractivity contribution is 6.47. The fourth-order valence-corrected chi connectivity index (χ4v) is 7.26. The molecule has 34 heavy (non-hydrogen) atoms. The Balaban J connectivity index is 0.00000241. The van der Waals surface area contributed by atoms with Gasteiger partial charge >= 0.3 is 13.2 Å². The Kier molecular flexibility index (Phi) is 6.24. The molecule has 2 saturated heterocycles. The van der Waals surface area contributed by atoms with Crippen LogP contribution >= 0.6 is 12.4 Å². The second-order valence-electron chi connectivity index (χ2n) is 12.1. The summed E-state index contributed by atoms with van der Waals surface area (Å²) in [6, 6.07) is 8.75. The molecule has 0 unspecified atom stereocenters. The van der Waals surface area contributed by atoms with Gasteiger partial charge in [0.1, 0.15) is 6.61 Å². The van der Waals surface area contributed by atoms with Crippen LogP contribution in [0.4, 0.5) is 4.79 Å². The van der Waals surface area contributed by atoms with Crippen LogP contribution in [0.1, 0.15) is 51.2 Å². The van der Waals surface area contributed by atoms with Gasteiger partial charge in [0.15, 0.2) is 0 Å². The number of alkyl carbamates (subject to hydrolysis) is 1. The van der Waals surface area contributed by atoms with E-state index in [9.17, 15) is 4.79 Å². The summed E-state index contributed by atoms with van der Waals surface area (Å²) in [5, 5.41) is 6.58. The monoisotopic (exact) mass is 488 g/mol. The Bertz CT molecular complexity index is 930. The van der Waals surface area contributed by atoms with Gasteiger partial charge in [-0.25, -0.2) is 4.79 Å². The van der Waals surface area contributed by atoms with Crippen molar-refractivity contribution in [3.05, 3.63) is 35.4 Å². The normalized spacial score (nSPS) is 39.2. The lowest BCUT2D eigenvalue weighted by Gasteiger charge is -2.64. The smallest absolute Gasteiger partial charge is 0.448 e. The summed E-state index contributed by atoms with van der Waals surface area (Å²) < 4.78 is 18.9. The molecule has 186 valence electrons. The van der Waals surface area contributed by atoms with Gasteiger partial charge in [0.05, 0.1) is 17.6 Å². The molecule has 2 bridgehead atoms. The van der Waals surface area contributed by atoms with Crippen LogP contribution in [0.15, 0.2) is 24.3 Å². The molecule has 6 aliphatic rings. The van der Waals surface area contributed by atoms with Crippen molar-refractivity contribution in [2.45, 2.75) is 77.1 Å². The van der Waals surface area contributed by atoms with Crippen molar-refractivity contribution in [3.63, 3.8) is 0 Å². The van der Waals surface area contributed by atoms with E-state index in [0.717, 1.165) is 24.4 Å². The van der Waals surface area contributed by atoms with Crippen molar-refractivity contribution in [1.82, 2.24) is 10.6 Å². The molecule has 1 amide bonds. The highest BCUT2D eigenvalue weighted by Gasteiger charge is 2.68. The minimum Gasteiger partial charge on any atom is -0.448 e. The van der Waals surface area contributed by atoms with Gasteiger partial charge in [0.2, 0.25) is 0 Å². The molecule has 1 aromatic carbocycles. The van der Waals surface area contributed by atoms with E-state index in [1.54, 1.807) is 0 Å². The molecule has 2 N–H and O–H groups in total. The van der Waals surface area contributed by atoms with E-state index in [1.807, 2.05) is 0 Å². The van der Waals surface area contributed by atoms with Crippen LogP contribution in [0.3, 0.4) is 0 Å². The molecule has 8 heteroatoms. The number of halogens is 1. The standard InChI is InChI=1S/C26H37BN2O4.ClH/c1-15-5-7-16(8-6-15)9-23(29-24(30)31-14-20-19-10-17(19)13-28-20)27-32-22-12-18-11-21(25(18,2)3)26(22,4)33-27;/h5-8,17-23,28H,9-14H2,1-4H3,(H,29,30);1H/t17-,18-,19-,20-,21-,22+,23-,26-;/m0./s1. The summed E-state index contributed by atoms with van der Waals surface area (Å²) in [6.45, 7) is 10.5. The number of aryl methyl sites for hydroxylation is 1. The third-order valence-electron chi connectivity index (χ3n) is 9.71. The topological polar surface area (TPSA) is 68.8 Å². The highest BCUT2D eigenvalue weighted by atomic mass is 35.5. The van der Waals surface area contributed by atoms with Gasteiger partial charge in [-0.05, 0) is 80.7 Å². The largest absolute Gasteiger partial charge is 0.482 e. The highest BCUT2D eigenvalue weighted by Crippen LogP contribution is 2.65. The summed E-state index contributed by atoms with van der Waals surface area (Å²) in [5.74, 6) is 2.36. The molecule has 0 radical (unpaired) electrons. The maximum Gasteiger partial charge on any atom is 0.482 e. The second kappa shape index (κ2) is 8.68. The predicted octanol–water partition coefficient (Wildman–Crippen LogP) is 3.93. The number of amides is 1. The van der Waals surface area contributed by atoms with Gasteiger partial charge < -0.3 is 24.7 Å². The number of ether oxygens (including phenoxy) is 1. The molecular weight excluding hydrogens is 451 g/mol. The van der Waals surface area contributed by atoms with Crippen LogP contribution < -0.4 is 10.6 Å². The first-order valence-electron chi connectivity index (χ1n) is 12.8. The first-order valence-corrected chi connectivity index (χ1v) is 12.8. The van der Waals surface area contributed by atoms with Crippen molar-refractivity contribution in [1.29, 1.82) is 0 Å². The summed E-state index contributed by atoms with van der Waals surface area (Å²) >= 11 is 0. The Morgan fingerprint density at radius 1 is 1.24 bits per heavy atom. The van der Waals surface area contributed by atoms with Crippen LogP contribution in [0.25, 0.3) is 0 Å². The third-order valence-corrected chi connectivity index (χ3v) is 9.71. The van der Waals surface area contributed by atoms with E-state index in [1.165, 1.54) is 18.4 Å². The fraction of sp³-hybridized carbons (Fsp3) is 0.731. The number of piperidine rings is 1. The Labute approximate surface area is 209 Å². The van der Waals surface area contributed by atoms with Crippen LogP contribution in [0.5, 0.6) is 0 Å². The molecule has 0 spiro atoms. The number of hydrogen-bond donors (Lipinski definition) is 2. The maximum absolute atomic E-state index is 12.8.